The molecule has 0 radical (unpaired) electrons. The average Bonchev–Trinajstić information content (AvgIpc) is 3.99. The highest BCUT2D eigenvalue weighted by molar-refractivity contribution is 7.52. The van der Waals surface area contributed by atoms with E-state index in [0.717, 1.165) is 11.1 Å². The normalized spacial score (nSPS) is 19.8. The number of amides is 3. The van der Waals surface area contributed by atoms with Gasteiger partial charge in [0.15, 0.2) is 23.5 Å². The van der Waals surface area contributed by atoms with E-state index in [-0.39, 0.29) is 32.1 Å². The molecule has 3 aromatic carbocycles. The number of alkyl carbamates (subject to hydrolysis) is 2. The second-order valence-corrected chi connectivity index (χ2v) is 19.8. The van der Waals surface area contributed by atoms with E-state index in [4.69, 9.17) is 43.2 Å². The van der Waals surface area contributed by atoms with Crippen molar-refractivity contribution < 1.29 is 56.4 Å². The SMILES string of the molecule is CC(C)(C)OC(=O)N[C@@H](Cc1ccc(OCc2ccccc2)cc1)C(=O)NP(=O)(OCCCCCCNC(=O)OCc1ccccc1)OC[C@H]1O[C@@H](n2cnc3c(N)ncnc32)[C@@H]2OC(C)(C)O[C@@H]21. The molecule has 69 heavy (non-hydrogen) atoms. The first-order valence-corrected chi connectivity index (χ1v) is 24.4. The quantitative estimate of drug-likeness (QED) is 0.0393. The number of imidazole rings is 1. The highest BCUT2D eigenvalue weighted by Gasteiger charge is 2.56. The molecule has 0 aliphatic carbocycles. The number of carbonyl (C=O) groups excluding carboxylic acids is 3. The number of unbranched alkanes of at least 4 members (excludes halogenated alkanes) is 3. The molecule has 0 spiro atoms. The first-order chi connectivity index (χ1) is 33.0. The van der Waals surface area contributed by atoms with Crippen LogP contribution in [-0.2, 0) is 61.7 Å². The van der Waals surface area contributed by atoms with Gasteiger partial charge in [-0.15, -0.1) is 0 Å². The lowest BCUT2D eigenvalue weighted by molar-refractivity contribution is -0.199. The summed E-state index contributed by atoms with van der Waals surface area (Å²) in [7, 11) is -4.54. The van der Waals surface area contributed by atoms with Crippen LogP contribution in [0.25, 0.3) is 11.2 Å². The van der Waals surface area contributed by atoms with Crippen molar-refractivity contribution in [1.82, 2.24) is 35.2 Å². The van der Waals surface area contributed by atoms with Crippen LogP contribution in [-0.4, -0.2) is 93.1 Å². The number of ether oxygens (including phenoxy) is 6. The summed E-state index contributed by atoms with van der Waals surface area (Å²) in [5, 5.41) is 7.88. The zero-order chi connectivity index (χ0) is 49.0. The van der Waals surface area contributed by atoms with Gasteiger partial charge < -0.3 is 44.8 Å². The monoisotopic (exact) mass is 972 g/mol. The Kier molecular flexibility index (Phi) is 16.9. The van der Waals surface area contributed by atoms with Gasteiger partial charge in [0.2, 0.25) is 0 Å². The third kappa shape index (κ3) is 14.7. The van der Waals surface area contributed by atoms with Gasteiger partial charge in [0.25, 0.3) is 5.91 Å². The molecular formula is C48H61N8O12P. The Morgan fingerprint density at radius 3 is 2.22 bits per heavy atom. The summed E-state index contributed by atoms with van der Waals surface area (Å²) in [6, 6.07) is 24.9. The van der Waals surface area contributed by atoms with Gasteiger partial charge in [0.1, 0.15) is 60.8 Å². The van der Waals surface area contributed by atoms with Crippen LogP contribution in [0, 0.1) is 0 Å². The zero-order valence-electron chi connectivity index (χ0n) is 39.4. The van der Waals surface area contributed by atoms with Crippen LogP contribution in [0.3, 0.4) is 0 Å². The van der Waals surface area contributed by atoms with Gasteiger partial charge in [-0.2, -0.15) is 0 Å². The Bertz CT molecular complexity index is 2530. The Hall–Kier alpha value is -6.15. The van der Waals surface area contributed by atoms with Crippen LogP contribution in [0.1, 0.15) is 83.2 Å². The smallest absolute Gasteiger partial charge is 0.435 e. The molecule has 370 valence electrons. The van der Waals surface area contributed by atoms with Crippen LogP contribution in [0.4, 0.5) is 15.4 Å². The fraction of sp³-hybridized carbons (Fsp3) is 0.458. The lowest BCUT2D eigenvalue weighted by Crippen LogP contribution is -2.49. The third-order valence-electron chi connectivity index (χ3n) is 10.9. The largest absolute Gasteiger partial charge is 0.489 e. The summed E-state index contributed by atoms with van der Waals surface area (Å²) < 4.78 is 64.3. The number of nitrogens with zero attached hydrogens (tertiary/aromatic N) is 4. The molecule has 20 nitrogen and oxygen atoms in total. The zero-order valence-corrected chi connectivity index (χ0v) is 40.3. The van der Waals surface area contributed by atoms with Gasteiger partial charge in [-0.25, -0.2) is 29.1 Å². The molecule has 1 unspecified atom stereocenters. The number of benzene rings is 3. The van der Waals surface area contributed by atoms with Crippen molar-refractivity contribution in [2.75, 3.05) is 25.5 Å². The van der Waals surface area contributed by atoms with Gasteiger partial charge in [-0.3, -0.25) is 23.5 Å². The highest BCUT2D eigenvalue weighted by atomic mass is 31.2. The van der Waals surface area contributed by atoms with Crippen LogP contribution in [0.15, 0.2) is 97.6 Å². The molecule has 21 heteroatoms. The van der Waals surface area contributed by atoms with Crippen LogP contribution in [0.2, 0.25) is 0 Å². The molecule has 0 saturated carbocycles. The number of hydrogen-bond acceptors (Lipinski definition) is 16. The minimum absolute atomic E-state index is 0.0256. The number of hydrogen-bond donors (Lipinski definition) is 4. The lowest BCUT2D eigenvalue weighted by Gasteiger charge is -2.27. The molecule has 3 amide bonds. The van der Waals surface area contributed by atoms with Crippen molar-refractivity contribution in [3.63, 3.8) is 0 Å². The Balaban J connectivity index is 1.02. The number of carbonyl (C=O) groups is 3. The third-order valence-corrected chi connectivity index (χ3v) is 12.4. The van der Waals surface area contributed by atoms with E-state index in [2.05, 4.69) is 30.7 Å². The van der Waals surface area contributed by atoms with E-state index in [1.54, 1.807) is 63.5 Å². The van der Waals surface area contributed by atoms with Gasteiger partial charge in [-0.05, 0) is 76.3 Å². The van der Waals surface area contributed by atoms with Crippen LogP contribution < -0.4 is 26.2 Å². The Morgan fingerprint density at radius 1 is 0.826 bits per heavy atom. The van der Waals surface area contributed by atoms with E-state index in [9.17, 15) is 18.9 Å². The Labute approximate surface area is 400 Å². The van der Waals surface area contributed by atoms with Crippen molar-refractivity contribution in [2.24, 2.45) is 0 Å². The second kappa shape index (κ2) is 23.0. The lowest BCUT2D eigenvalue weighted by atomic mass is 10.1. The molecule has 6 atom stereocenters. The highest BCUT2D eigenvalue weighted by Crippen LogP contribution is 2.48. The number of rotatable bonds is 22. The molecular weight excluding hydrogens is 912 g/mol. The summed E-state index contributed by atoms with van der Waals surface area (Å²) in [6.07, 6.45) is 0.710. The number of nitrogens with two attached hydrogens (primary N) is 1. The molecule has 2 fully saturated rings. The number of nitrogen functional groups attached to an aromatic ring is 1. The summed E-state index contributed by atoms with van der Waals surface area (Å²) in [5.74, 6) is -1.10. The topological polar surface area (TPSA) is 248 Å². The van der Waals surface area contributed by atoms with Crippen LogP contribution in [0.5, 0.6) is 5.75 Å². The first kappa shape index (κ1) is 50.7. The summed E-state index contributed by atoms with van der Waals surface area (Å²) >= 11 is 0. The minimum atomic E-state index is -4.54. The Morgan fingerprint density at radius 2 is 1.51 bits per heavy atom. The molecule has 5 N–H and O–H groups in total. The standard InChI is InChI=1S/C48H61N8O12P/c1-47(2,3)68-46(59)54-36(26-32-20-22-35(23-21-32)61-27-33-16-10-8-11-17-33)43(57)55-69(60,63-25-15-7-6-14-24-50-45(58)62-28-34-18-12-9-13-19-34)64-29-37-39-40(67-48(4,5)66-39)44(65-37)56-31-53-38-41(49)51-30-52-42(38)56/h8-13,16-23,30-31,36-37,39-40,44H,6-7,14-15,24-29H2,1-5H3,(H,50,58)(H,54,59)(H2,49,51,52)(H,55,57,60)/t36-,37+,39+,40+,44+,69?/m0/s1. The fourth-order valence-corrected chi connectivity index (χ4v) is 8.99. The van der Waals surface area contributed by atoms with Gasteiger partial charge >= 0.3 is 19.9 Å². The van der Waals surface area contributed by atoms with Gasteiger partial charge in [-0.1, -0.05) is 85.6 Å². The summed E-state index contributed by atoms with van der Waals surface area (Å²) in [5.41, 5.74) is 8.50. The molecule has 5 aromatic rings. The predicted molar refractivity (Wildman–Crippen MR) is 252 cm³/mol. The number of anilines is 1. The fourth-order valence-electron chi connectivity index (χ4n) is 7.65. The predicted octanol–water partition coefficient (Wildman–Crippen LogP) is 7.29. The summed E-state index contributed by atoms with van der Waals surface area (Å²) in [4.78, 5) is 52.5. The van der Waals surface area contributed by atoms with E-state index in [1.165, 1.54) is 12.7 Å². The van der Waals surface area contributed by atoms with Crippen molar-refractivity contribution in [1.29, 1.82) is 0 Å². The van der Waals surface area contributed by atoms with Crippen molar-refractivity contribution in [3.8, 4) is 5.75 Å². The van der Waals surface area contributed by atoms with Crippen molar-refractivity contribution in [3.05, 3.63) is 114 Å². The molecule has 2 aliphatic heterocycles. The first-order valence-electron chi connectivity index (χ1n) is 22.9. The number of nitrogens with one attached hydrogen (secondary N) is 3. The van der Waals surface area contributed by atoms with Crippen LogP contribution >= 0.6 is 7.75 Å². The van der Waals surface area contributed by atoms with E-state index >= 15 is 0 Å². The minimum Gasteiger partial charge on any atom is -0.489 e. The summed E-state index contributed by atoms with van der Waals surface area (Å²) in [6.45, 7) is 9.08. The van der Waals surface area contributed by atoms with Crippen molar-refractivity contribution in [2.45, 2.75) is 122 Å². The molecule has 2 aromatic heterocycles. The van der Waals surface area contributed by atoms with E-state index in [1.807, 2.05) is 60.7 Å². The molecule has 0 bridgehead atoms. The second-order valence-electron chi connectivity index (χ2n) is 18.0. The maximum atomic E-state index is 14.8. The maximum Gasteiger partial charge on any atom is 0.435 e. The van der Waals surface area contributed by atoms with Crippen molar-refractivity contribution >= 4 is 42.8 Å². The van der Waals surface area contributed by atoms with Gasteiger partial charge in [0.05, 0.1) is 19.5 Å². The molecule has 4 heterocycles. The average molecular weight is 973 g/mol. The molecule has 7 rings (SSSR count). The van der Waals surface area contributed by atoms with E-state index in [0.29, 0.717) is 61.3 Å². The van der Waals surface area contributed by atoms with Gasteiger partial charge in [0, 0.05) is 13.0 Å². The van der Waals surface area contributed by atoms with E-state index < -0.39 is 67.8 Å². The number of aromatic nitrogens is 4. The maximum absolute atomic E-state index is 14.8. The molecule has 2 saturated heterocycles. The molecule has 2 aliphatic rings. The number of fused-ring (bicyclic) bond motifs is 2.